The lowest BCUT2D eigenvalue weighted by Gasteiger charge is -2.13. The Morgan fingerprint density at radius 3 is 2.43 bits per heavy atom. The highest BCUT2D eigenvalue weighted by Crippen LogP contribution is 2.26. The SMILES string of the molecule is Cc1ccc(C(=O)Nc2c(C#N)cnn2-c2cc(C)c3cc(C)cc(C)c3n2)cc1. The van der Waals surface area contributed by atoms with Gasteiger partial charge in [0.15, 0.2) is 11.6 Å². The lowest BCUT2D eigenvalue weighted by atomic mass is 10.0. The first-order valence-electron chi connectivity index (χ1n) is 9.62. The summed E-state index contributed by atoms with van der Waals surface area (Å²) in [5, 5.41) is 17.8. The Morgan fingerprint density at radius 2 is 1.73 bits per heavy atom. The van der Waals surface area contributed by atoms with Gasteiger partial charge in [0, 0.05) is 10.9 Å². The van der Waals surface area contributed by atoms with E-state index in [2.05, 4.69) is 35.5 Å². The van der Waals surface area contributed by atoms with E-state index in [1.165, 1.54) is 16.4 Å². The molecule has 2 aromatic heterocycles. The molecule has 0 spiro atoms. The predicted octanol–water partition coefficient (Wildman–Crippen LogP) is 4.78. The first kappa shape index (κ1) is 19.3. The number of hydrogen-bond acceptors (Lipinski definition) is 4. The molecule has 0 saturated heterocycles. The van der Waals surface area contributed by atoms with Crippen molar-refractivity contribution >= 4 is 22.6 Å². The number of rotatable bonds is 3. The molecule has 0 bridgehead atoms. The van der Waals surface area contributed by atoms with Crippen LogP contribution in [0.5, 0.6) is 0 Å². The van der Waals surface area contributed by atoms with Crippen LogP contribution < -0.4 is 5.32 Å². The molecule has 0 unspecified atom stereocenters. The molecule has 0 atom stereocenters. The Balaban J connectivity index is 1.81. The molecule has 0 radical (unpaired) electrons. The van der Waals surface area contributed by atoms with Crippen molar-refractivity contribution in [3.05, 3.63) is 82.0 Å². The van der Waals surface area contributed by atoms with E-state index >= 15 is 0 Å². The monoisotopic (exact) mass is 395 g/mol. The first-order valence-corrected chi connectivity index (χ1v) is 9.62. The van der Waals surface area contributed by atoms with E-state index in [0.29, 0.717) is 17.2 Å². The zero-order chi connectivity index (χ0) is 21.4. The number of nitriles is 1. The van der Waals surface area contributed by atoms with Gasteiger partial charge in [-0.05, 0) is 63.1 Å². The molecule has 4 rings (SSSR count). The summed E-state index contributed by atoms with van der Waals surface area (Å²) >= 11 is 0. The maximum absolute atomic E-state index is 12.8. The third-order valence-corrected chi connectivity index (χ3v) is 5.09. The summed E-state index contributed by atoms with van der Waals surface area (Å²) in [5.41, 5.74) is 6.01. The summed E-state index contributed by atoms with van der Waals surface area (Å²) in [7, 11) is 0. The van der Waals surface area contributed by atoms with Gasteiger partial charge in [0.25, 0.3) is 5.91 Å². The fourth-order valence-corrected chi connectivity index (χ4v) is 3.54. The topological polar surface area (TPSA) is 83.6 Å². The number of anilines is 1. The van der Waals surface area contributed by atoms with Gasteiger partial charge in [0.05, 0.1) is 11.7 Å². The maximum Gasteiger partial charge on any atom is 0.256 e. The Labute approximate surface area is 174 Å². The smallest absolute Gasteiger partial charge is 0.256 e. The summed E-state index contributed by atoms with van der Waals surface area (Å²) in [5.74, 6) is 0.546. The largest absolute Gasteiger partial charge is 0.305 e. The molecule has 6 nitrogen and oxygen atoms in total. The van der Waals surface area contributed by atoms with Gasteiger partial charge in [-0.3, -0.25) is 4.79 Å². The van der Waals surface area contributed by atoms with E-state index in [1.54, 1.807) is 12.1 Å². The molecule has 30 heavy (non-hydrogen) atoms. The third-order valence-electron chi connectivity index (χ3n) is 5.09. The van der Waals surface area contributed by atoms with Gasteiger partial charge in [-0.1, -0.05) is 29.3 Å². The molecule has 6 heteroatoms. The molecule has 148 valence electrons. The van der Waals surface area contributed by atoms with E-state index in [-0.39, 0.29) is 11.5 Å². The molecule has 4 aromatic rings. The van der Waals surface area contributed by atoms with Crippen LogP contribution in [-0.4, -0.2) is 20.7 Å². The van der Waals surface area contributed by atoms with E-state index in [4.69, 9.17) is 4.98 Å². The second-order valence-electron chi connectivity index (χ2n) is 7.53. The van der Waals surface area contributed by atoms with Crippen molar-refractivity contribution in [2.24, 2.45) is 0 Å². The Bertz CT molecular complexity index is 1330. The quantitative estimate of drug-likeness (QED) is 0.541. The van der Waals surface area contributed by atoms with Crippen LogP contribution in [0.3, 0.4) is 0 Å². The zero-order valence-electron chi connectivity index (χ0n) is 17.3. The van der Waals surface area contributed by atoms with Crippen molar-refractivity contribution in [3.8, 4) is 11.9 Å². The van der Waals surface area contributed by atoms with Gasteiger partial charge in [0.2, 0.25) is 0 Å². The summed E-state index contributed by atoms with van der Waals surface area (Å²) in [6, 6.07) is 15.5. The lowest BCUT2D eigenvalue weighted by molar-refractivity contribution is 0.102. The number of hydrogen-bond donors (Lipinski definition) is 1. The van der Waals surface area contributed by atoms with Crippen molar-refractivity contribution in [3.63, 3.8) is 0 Å². The van der Waals surface area contributed by atoms with Crippen LogP contribution in [0.25, 0.3) is 16.7 Å². The number of benzene rings is 2. The van der Waals surface area contributed by atoms with E-state index in [1.807, 2.05) is 39.0 Å². The predicted molar refractivity (Wildman–Crippen MR) is 117 cm³/mol. The third kappa shape index (κ3) is 3.42. The molecule has 0 aliphatic rings. The van der Waals surface area contributed by atoms with Crippen LogP contribution in [0, 0.1) is 39.0 Å². The molecular weight excluding hydrogens is 374 g/mol. The standard InChI is InChI=1S/C24H21N5O/c1-14-5-7-18(8-6-14)24(30)28-23-19(12-25)13-26-29(23)21-11-16(3)20-10-15(2)9-17(4)22(20)27-21/h5-11,13H,1-4H3,(H,28,30). The minimum Gasteiger partial charge on any atom is -0.305 e. The van der Waals surface area contributed by atoms with Gasteiger partial charge in [-0.25, -0.2) is 4.98 Å². The fraction of sp³-hybridized carbons (Fsp3) is 0.167. The minimum atomic E-state index is -0.308. The Hall–Kier alpha value is -3.98. The van der Waals surface area contributed by atoms with Crippen LogP contribution in [0.4, 0.5) is 5.82 Å². The van der Waals surface area contributed by atoms with Crippen LogP contribution >= 0.6 is 0 Å². The number of nitrogens with zero attached hydrogens (tertiary/aromatic N) is 4. The molecule has 0 fully saturated rings. The van der Waals surface area contributed by atoms with Crippen molar-refractivity contribution in [2.75, 3.05) is 5.32 Å². The summed E-state index contributed by atoms with van der Waals surface area (Å²) < 4.78 is 1.51. The average molecular weight is 395 g/mol. The van der Waals surface area contributed by atoms with Crippen LogP contribution in [0.1, 0.15) is 38.2 Å². The van der Waals surface area contributed by atoms with Crippen molar-refractivity contribution < 1.29 is 4.79 Å². The second-order valence-corrected chi connectivity index (χ2v) is 7.53. The van der Waals surface area contributed by atoms with Crippen LogP contribution in [-0.2, 0) is 0 Å². The number of pyridine rings is 1. The van der Waals surface area contributed by atoms with Crippen molar-refractivity contribution in [1.82, 2.24) is 14.8 Å². The number of carbonyl (C=O) groups excluding carboxylic acids is 1. The summed E-state index contributed by atoms with van der Waals surface area (Å²) in [6.07, 6.45) is 1.44. The molecule has 2 aromatic carbocycles. The Kier molecular flexibility index (Phi) is 4.80. The number of aryl methyl sites for hydroxylation is 4. The van der Waals surface area contributed by atoms with Gasteiger partial charge >= 0.3 is 0 Å². The highest BCUT2D eigenvalue weighted by atomic mass is 16.1. The molecule has 0 aliphatic carbocycles. The van der Waals surface area contributed by atoms with Gasteiger partial charge in [-0.2, -0.15) is 15.0 Å². The number of fused-ring (bicyclic) bond motifs is 1. The van der Waals surface area contributed by atoms with Crippen LogP contribution in [0.2, 0.25) is 0 Å². The highest BCUT2D eigenvalue weighted by Gasteiger charge is 2.18. The number of carbonyl (C=O) groups is 1. The molecule has 1 N–H and O–H groups in total. The first-order chi connectivity index (χ1) is 14.4. The lowest BCUT2D eigenvalue weighted by Crippen LogP contribution is -2.16. The van der Waals surface area contributed by atoms with E-state index in [9.17, 15) is 10.1 Å². The Morgan fingerprint density at radius 1 is 1.00 bits per heavy atom. The van der Waals surface area contributed by atoms with Gasteiger partial charge in [-0.15, -0.1) is 0 Å². The number of nitrogens with one attached hydrogen (secondary N) is 1. The maximum atomic E-state index is 12.8. The van der Waals surface area contributed by atoms with Crippen LogP contribution in [0.15, 0.2) is 48.7 Å². The summed E-state index contributed by atoms with van der Waals surface area (Å²) in [4.78, 5) is 17.6. The fourth-order valence-electron chi connectivity index (χ4n) is 3.54. The molecule has 1 amide bonds. The normalized spacial score (nSPS) is 10.8. The molecule has 2 heterocycles. The van der Waals surface area contributed by atoms with E-state index < -0.39 is 0 Å². The van der Waals surface area contributed by atoms with Gasteiger partial charge < -0.3 is 5.32 Å². The van der Waals surface area contributed by atoms with Crippen molar-refractivity contribution in [2.45, 2.75) is 27.7 Å². The van der Waals surface area contributed by atoms with Crippen molar-refractivity contribution in [1.29, 1.82) is 5.26 Å². The number of amides is 1. The second kappa shape index (κ2) is 7.45. The molecular formula is C24H21N5O. The van der Waals surface area contributed by atoms with Gasteiger partial charge in [0.1, 0.15) is 11.6 Å². The summed E-state index contributed by atoms with van der Waals surface area (Å²) in [6.45, 7) is 8.06. The molecule has 0 aliphatic heterocycles. The molecule has 0 saturated carbocycles. The minimum absolute atomic E-state index is 0.274. The average Bonchev–Trinajstić information content (AvgIpc) is 3.11. The van der Waals surface area contributed by atoms with E-state index in [0.717, 1.165) is 27.6 Å². The zero-order valence-corrected chi connectivity index (χ0v) is 17.3. The number of aromatic nitrogens is 3. The highest BCUT2D eigenvalue weighted by molar-refractivity contribution is 6.04.